The molecule has 3 nitrogen and oxygen atoms in total. The highest BCUT2D eigenvalue weighted by molar-refractivity contribution is 5.80. The number of aromatic nitrogens is 1. The van der Waals surface area contributed by atoms with Gasteiger partial charge in [-0.3, -0.25) is 4.79 Å². The predicted molar refractivity (Wildman–Crippen MR) is 67.1 cm³/mol. The Bertz CT molecular complexity index is 561. The van der Waals surface area contributed by atoms with E-state index in [1.54, 1.807) is 6.92 Å². The van der Waals surface area contributed by atoms with E-state index in [9.17, 15) is 4.79 Å². The van der Waals surface area contributed by atoms with E-state index < -0.39 is 0 Å². The molecule has 2 aromatic rings. The van der Waals surface area contributed by atoms with Crippen LogP contribution in [0.4, 0.5) is 0 Å². The summed E-state index contributed by atoms with van der Waals surface area (Å²) in [5, 5.41) is 0. The molecule has 17 heavy (non-hydrogen) atoms. The molecule has 0 radical (unpaired) electrons. The van der Waals surface area contributed by atoms with Gasteiger partial charge >= 0.3 is 0 Å². The van der Waals surface area contributed by atoms with Gasteiger partial charge in [-0.15, -0.1) is 0 Å². The molecule has 0 saturated heterocycles. The van der Waals surface area contributed by atoms with E-state index in [-0.39, 0.29) is 11.2 Å². The fourth-order valence-electron chi connectivity index (χ4n) is 1.69. The number of fused-ring (bicyclic) bond motifs is 1. The van der Waals surface area contributed by atoms with Crippen LogP contribution in [0.3, 0.4) is 0 Å². The molecule has 0 saturated carbocycles. The lowest BCUT2D eigenvalue weighted by Gasteiger charge is -2.11. The minimum absolute atomic E-state index is 0.0975. The van der Waals surface area contributed by atoms with Gasteiger partial charge in [0.1, 0.15) is 11.3 Å². The molecule has 0 aliphatic carbocycles. The van der Waals surface area contributed by atoms with Crippen molar-refractivity contribution in [2.24, 2.45) is 0 Å². The minimum atomic E-state index is -0.0975. The van der Waals surface area contributed by atoms with Crippen LogP contribution >= 0.6 is 0 Å². The zero-order valence-electron chi connectivity index (χ0n) is 10.7. The van der Waals surface area contributed by atoms with Gasteiger partial charge in [0, 0.05) is 11.8 Å². The van der Waals surface area contributed by atoms with Crippen molar-refractivity contribution < 1.29 is 9.21 Å². The van der Waals surface area contributed by atoms with E-state index in [1.165, 1.54) is 0 Å². The number of hydrogen-bond donors (Lipinski definition) is 0. The molecular formula is C14H17NO2. The van der Waals surface area contributed by atoms with E-state index in [0.29, 0.717) is 6.42 Å². The summed E-state index contributed by atoms with van der Waals surface area (Å²) in [6, 6.07) is 5.73. The number of rotatable bonds is 2. The van der Waals surface area contributed by atoms with E-state index in [1.807, 2.05) is 18.2 Å². The van der Waals surface area contributed by atoms with Gasteiger partial charge in [0.05, 0.1) is 0 Å². The predicted octanol–water partition coefficient (Wildman–Crippen LogP) is 3.26. The van der Waals surface area contributed by atoms with Crippen molar-refractivity contribution in [2.75, 3.05) is 0 Å². The molecule has 1 aromatic carbocycles. The Labute approximate surface area is 101 Å². The molecule has 2 rings (SSSR count). The first kappa shape index (κ1) is 11.8. The Morgan fingerprint density at radius 3 is 2.65 bits per heavy atom. The van der Waals surface area contributed by atoms with Crippen LogP contribution < -0.4 is 0 Å². The van der Waals surface area contributed by atoms with Gasteiger partial charge in [-0.1, -0.05) is 26.8 Å². The van der Waals surface area contributed by atoms with Crippen molar-refractivity contribution in [2.45, 2.75) is 39.5 Å². The molecule has 0 aliphatic rings. The first-order valence-corrected chi connectivity index (χ1v) is 5.75. The Balaban J connectivity index is 2.44. The zero-order valence-corrected chi connectivity index (χ0v) is 10.7. The van der Waals surface area contributed by atoms with Crippen molar-refractivity contribution in [3.8, 4) is 0 Å². The number of nitrogens with zero attached hydrogens (tertiary/aromatic N) is 1. The van der Waals surface area contributed by atoms with E-state index >= 15 is 0 Å². The van der Waals surface area contributed by atoms with Crippen LogP contribution in [0.15, 0.2) is 22.6 Å². The maximum absolute atomic E-state index is 11.1. The molecule has 1 heterocycles. The average Bonchev–Trinajstić information content (AvgIpc) is 2.58. The fraction of sp³-hybridized carbons (Fsp3) is 0.429. The second kappa shape index (κ2) is 3.99. The molecule has 0 aliphatic heterocycles. The second-order valence-corrected chi connectivity index (χ2v) is 5.45. The maximum atomic E-state index is 11.1. The number of carbonyl (C=O) groups is 1. The first-order valence-electron chi connectivity index (χ1n) is 5.75. The molecule has 90 valence electrons. The summed E-state index contributed by atoms with van der Waals surface area (Å²) in [7, 11) is 0. The number of hydrogen-bond acceptors (Lipinski definition) is 3. The third-order valence-corrected chi connectivity index (χ3v) is 2.55. The Morgan fingerprint density at radius 2 is 2.06 bits per heavy atom. The Morgan fingerprint density at radius 1 is 1.35 bits per heavy atom. The molecule has 0 atom stereocenters. The van der Waals surface area contributed by atoms with Gasteiger partial charge in [-0.05, 0) is 24.6 Å². The smallest absolute Gasteiger partial charge is 0.200 e. The van der Waals surface area contributed by atoms with Crippen LogP contribution in [0.2, 0.25) is 0 Å². The lowest BCUT2D eigenvalue weighted by molar-refractivity contribution is -0.116. The van der Waals surface area contributed by atoms with E-state index in [2.05, 4.69) is 25.8 Å². The molecule has 0 fully saturated rings. The molecule has 3 heteroatoms. The van der Waals surface area contributed by atoms with Crippen molar-refractivity contribution in [3.05, 3.63) is 29.7 Å². The van der Waals surface area contributed by atoms with Crippen LogP contribution in [0, 0.1) is 0 Å². The quantitative estimate of drug-likeness (QED) is 0.796. The largest absolute Gasteiger partial charge is 0.440 e. The van der Waals surface area contributed by atoms with E-state index in [0.717, 1.165) is 22.6 Å². The topological polar surface area (TPSA) is 43.1 Å². The average molecular weight is 231 g/mol. The van der Waals surface area contributed by atoms with Gasteiger partial charge in [-0.2, -0.15) is 0 Å². The SMILES string of the molecule is CC(=O)Cc1ccc2oc(C(C)(C)C)nc2c1. The van der Waals surface area contributed by atoms with Gasteiger partial charge in [-0.25, -0.2) is 4.98 Å². The van der Waals surface area contributed by atoms with Gasteiger partial charge < -0.3 is 4.42 Å². The highest BCUT2D eigenvalue weighted by Crippen LogP contribution is 2.26. The van der Waals surface area contributed by atoms with Crippen molar-refractivity contribution in [1.82, 2.24) is 4.98 Å². The third-order valence-electron chi connectivity index (χ3n) is 2.55. The third kappa shape index (κ3) is 2.54. The highest BCUT2D eigenvalue weighted by atomic mass is 16.3. The highest BCUT2D eigenvalue weighted by Gasteiger charge is 2.20. The monoisotopic (exact) mass is 231 g/mol. The normalized spacial score (nSPS) is 12.0. The molecule has 0 spiro atoms. The summed E-state index contributed by atoms with van der Waals surface area (Å²) in [6.07, 6.45) is 0.452. The van der Waals surface area contributed by atoms with Crippen molar-refractivity contribution in [1.29, 1.82) is 0 Å². The van der Waals surface area contributed by atoms with Gasteiger partial charge in [0.2, 0.25) is 5.89 Å². The molecule has 0 N–H and O–H groups in total. The number of Topliss-reactive ketones (excluding diaryl/α,β-unsaturated/α-hetero) is 1. The van der Waals surface area contributed by atoms with Crippen LogP contribution in [0.1, 0.15) is 39.1 Å². The number of carbonyl (C=O) groups excluding carboxylic acids is 1. The summed E-state index contributed by atoms with van der Waals surface area (Å²) in [5.41, 5.74) is 2.49. The molecule has 0 bridgehead atoms. The molecular weight excluding hydrogens is 214 g/mol. The summed E-state index contributed by atoms with van der Waals surface area (Å²) >= 11 is 0. The molecule has 1 aromatic heterocycles. The van der Waals surface area contributed by atoms with Crippen molar-refractivity contribution in [3.63, 3.8) is 0 Å². The molecule has 0 unspecified atom stereocenters. The van der Waals surface area contributed by atoms with Gasteiger partial charge in [0.25, 0.3) is 0 Å². The zero-order chi connectivity index (χ0) is 12.6. The summed E-state index contributed by atoms with van der Waals surface area (Å²) in [6.45, 7) is 7.78. The summed E-state index contributed by atoms with van der Waals surface area (Å²) in [5.74, 6) is 0.886. The van der Waals surface area contributed by atoms with Crippen LogP contribution in [0.25, 0.3) is 11.1 Å². The minimum Gasteiger partial charge on any atom is -0.440 e. The van der Waals surface area contributed by atoms with Crippen molar-refractivity contribution >= 4 is 16.9 Å². The van der Waals surface area contributed by atoms with E-state index in [4.69, 9.17) is 4.42 Å². The number of benzene rings is 1. The standard InChI is InChI=1S/C14H17NO2/c1-9(16)7-10-5-6-12-11(8-10)15-13(17-12)14(2,3)4/h5-6,8H,7H2,1-4H3. The summed E-state index contributed by atoms with van der Waals surface area (Å²) < 4.78 is 5.70. The maximum Gasteiger partial charge on any atom is 0.200 e. The summed E-state index contributed by atoms with van der Waals surface area (Å²) in [4.78, 5) is 15.5. The fourth-order valence-corrected chi connectivity index (χ4v) is 1.69. The number of ketones is 1. The molecule has 0 amide bonds. The number of oxazole rings is 1. The Kier molecular flexibility index (Phi) is 2.77. The van der Waals surface area contributed by atoms with Gasteiger partial charge in [0.15, 0.2) is 5.58 Å². The lowest BCUT2D eigenvalue weighted by atomic mass is 9.97. The Hall–Kier alpha value is -1.64. The second-order valence-electron chi connectivity index (χ2n) is 5.45. The first-order chi connectivity index (χ1) is 7.86. The van der Waals surface area contributed by atoms with Crippen LogP contribution in [0.5, 0.6) is 0 Å². The van der Waals surface area contributed by atoms with Crippen LogP contribution in [-0.4, -0.2) is 10.8 Å². The van der Waals surface area contributed by atoms with Crippen LogP contribution in [-0.2, 0) is 16.6 Å². The lowest BCUT2D eigenvalue weighted by Crippen LogP contribution is -2.10.